The second kappa shape index (κ2) is 9.96. The minimum Gasteiger partial charge on any atom is -0.353 e. The Kier molecular flexibility index (Phi) is 6.87. The minimum absolute atomic E-state index is 0.000477. The van der Waals surface area contributed by atoms with E-state index in [9.17, 15) is 4.79 Å². The highest BCUT2D eigenvalue weighted by Crippen LogP contribution is 2.33. The van der Waals surface area contributed by atoms with Gasteiger partial charge in [-0.05, 0) is 42.5 Å². The van der Waals surface area contributed by atoms with Gasteiger partial charge < -0.3 is 10.6 Å². The molecule has 0 spiro atoms. The number of aromatic nitrogens is 2. The quantitative estimate of drug-likeness (QED) is 0.693. The normalized spacial score (nSPS) is 20.7. The fourth-order valence-corrected chi connectivity index (χ4v) is 4.55. The van der Waals surface area contributed by atoms with Crippen LogP contribution in [0.1, 0.15) is 48.3 Å². The highest BCUT2D eigenvalue weighted by Gasteiger charge is 2.29. The van der Waals surface area contributed by atoms with Gasteiger partial charge in [-0.15, -0.1) is 0 Å². The van der Waals surface area contributed by atoms with Crippen molar-refractivity contribution < 1.29 is 4.79 Å². The van der Waals surface area contributed by atoms with Crippen LogP contribution in [0.4, 0.5) is 0 Å². The van der Waals surface area contributed by atoms with Gasteiger partial charge in [-0.3, -0.25) is 19.7 Å². The number of hydrogen-bond donors (Lipinski definition) is 2. The topological polar surface area (TPSA) is 70.2 Å². The SMILES string of the molecule is CC(=O)NC/C=C/CN(C[C@H]1Cc2ncccc2CN1)[C@H]1CCCc2cccnc21. The summed E-state index contributed by atoms with van der Waals surface area (Å²) in [4.78, 5) is 23.0. The van der Waals surface area contributed by atoms with Crippen molar-refractivity contribution in [1.82, 2.24) is 25.5 Å². The van der Waals surface area contributed by atoms with Crippen LogP contribution in [-0.4, -0.2) is 46.5 Å². The van der Waals surface area contributed by atoms with Crippen LogP contribution < -0.4 is 10.6 Å². The van der Waals surface area contributed by atoms with E-state index in [1.165, 1.54) is 28.9 Å². The molecule has 1 aliphatic heterocycles. The van der Waals surface area contributed by atoms with Gasteiger partial charge in [0, 0.05) is 63.7 Å². The number of rotatable bonds is 7. The maximum atomic E-state index is 11.1. The molecule has 158 valence electrons. The third-order valence-electron chi connectivity index (χ3n) is 6.04. The Labute approximate surface area is 178 Å². The molecule has 3 heterocycles. The standard InChI is InChI=1S/C24H31N5O/c1-18(30)25-11-2-3-14-29(23-10-4-7-19-8-5-13-27-24(19)23)17-21-15-22-20(16-28-21)9-6-12-26-22/h2-3,5-6,8-9,12-13,21,23,28H,4,7,10-11,14-17H2,1H3,(H,25,30)/b3-2+/t21-,23+/m1/s1. The van der Waals surface area contributed by atoms with Crippen LogP contribution in [0.3, 0.4) is 0 Å². The number of nitrogens with zero attached hydrogens (tertiary/aromatic N) is 3. The van der Waals surface area contributed by atoms with Crippen LogP contribution in [0.2, 0.25) is 0 Å². The lowest BCUT2D eigenvalue weighted by Gasteiger charge is -2.37. The molecule has 0 bridgehead atoms. The van der Waals surface area contributed by atoms with Crippen molar-refractivity contribution in [3.05, 3.63) is 71.3 Å². The highest BCUT2D eigenvalue weighted by atomic mass is 16.1. The highest BCUT2D eigenvalue weighted by molar-refractivity contribution is 5.72. The van der Waals surface area contributed by atoms with Crippen LogP contribution >= 0.6 is 0 Å². The van der Waals surface area contributed by atoms with Crippen LogP contribution in [0, 0.1) is 0 Å². The van der Waals surface area contributed by atoms with Gasteiger partial charge in [0.15, 0.2) is 0 Å². The molecule has 1 aliphatic carbocycles. The molecule has 2 aromatic rings. The summed E-state index contributed by atoms with van der Waals surface area (Å²) in [5.41, 5.74) is 5.13. The van der Waals surface area contributed by atoms with Crippen molar-refractivity contribution >= 4 is 5.91 Å². The first-order valence-corrected chi connectivity index (χ1v) is 10.9. The van der Waals surface area contributed by atoms with Gasteiger partial charge in [-0.1, -0.05) is 24.3 Å². The van der Waals surface area contributed by atoms with Gasteiger partial charge in [0.25, 0.3) is 0 Å². The van der Waals surface area contributed by atoms with Gasteiger partial charge in [-0.25, -0.2) is 0 Å². The van der Waals surface area contributed by atoms with Crippen molar-refractivity contribution in [2.45, 2.75) is 51.2 Å². The third-order valence-corrected chi connectivity index (χ3v) is 6.04. The van der Waals surface area contributed by atoms with Gasteiger partial charge >= 0.3 is 0 Å². The summed E-state index contributed by atoms with van der Waals surface area (Å²) in [7, 11) is 0. The Morgan fingerprint density at radius 2 is 2.07 bits per heavy atom. The number of hydrogen-bond acceptors (Lipinski definition) is 5. The van der Waals surface area contributed by atoms with Gasteiger partial charge in [0.05, 0.1) is 11.7 Å². The Hall–Kier alpha value is -2.57. The molecule has 0 fully saturated rings. The fraction of sp³-hybridized carbons (Fsp3) is 0.458. The monoisotopic (exact) mass is 405 g/mol. The first-order valence-electron chi connectivity index (χ1n) is 10.9. The van der Waals surface area contributed by atoms with Crippen molar-refractivity contribution in [2.75, 3.05) is 19.6 Å². The summed E-state index contributed by atoms with van der Waals surface area (Å²) < 4.78 is 0. The largest absolute Gasteiger partial charge is 0.353 e. The lowest BCUT2D eigenvalue weighted by Crippen LogP contribution is -2.46. The zero-order valence-corrected chi connectivity index (χ0v) is 17.7. The van der Waals surface area contributed by atoms with Gasteiger partial charge in [0.2, 0.25) is 5.91 Å². The predicted molar refractivity (Wildman–Crippen MR) is 118 cm³/mol. The summed E-state index contributed by atoms with van der Waals surface area (Å²) >= 11 is 0. The lowest BCUT2D eigenvalue weighted by molar-refractivity contribution is -0.118. The average molecular weight is 406 g/mol. The molecule has 2 N–H and O–H groups in total. The molecule has 0 saturated carbocycles. The molecule has 0 unspecified atom stereocenters. The number of carbonyl (C=O) groups is 1. The molecule has 0 radical (unpaired) electrons. The van der Waals surface area contributed by atoms with E-state index in [0.29, 0.717) is 18.6 Å². The van der Waals surface area contributed by atoms with Crippen molar-refractivity contribution in [3.8, 4) is 0 Å². The number of carbonyl (C=O) groups excluding carboxylic acids is 1. The Morgan fingerprint density at radius 1 is 1.23 bits per heavy atom. The molecule has 0 saturated heterocycles. The van der Waals surface area contributed by atoms with Crippen molar-refractivity contribution in [1.29, 1.82) is 0 Å². The second-order valence-electron chi connectivity index (χ2n) is 8.21. The Morgan fingerprint density at radius 3 is 2.93 bits per heavy atom. The Bertz CT molecular complexity index is 897. The van der Waals surface area contributed by atoms with Crippen molar-refractivity contribution in [2.24, 2.45) is 0 Å². The third kappa shape index (κ3) is 5.12. The van der Waals surface area contributed by atoms with E-state index in [-0.39, 0.29) is 5.91 Å². The van der Waals surface area contributed by atoms with Crippen molar-refractivity contribution in [3.63, 3.8) is 0 Å². The van der Waals surface area contributed by atoms with Gasteiger partial charge in [0.1, 0.15) is 0 Å². The van der Waals surface area contributed by atoms with Crippen LogP contribution in [0.15, 0.2) is 48.8 Å². The predicted octanol–water partition coefficient (Wildman–Crippen LogP) is 2.56. The van der Waals surface area contributed by atoms with Crippen LogP contribution in [0.25, 0.3) is 0 Å². The smallest absolute Gasteiger partial charge is 0.217 e. The first-order chi connectivity index (χ1) is 14.7. The summed E-state index contributed by atoms with van der Waals surface area (Å²) in [5.74, 6) is -0.000477. The maximum Gasteiger partial charge on any atom is 0.217 e. The molecule has 2 aliphatic rings. The van der Waals surface area contributed by atoms with E-state index < -0.39 is 0 Å². The fourth-order valence-electron chi connectivity index (χ4n) is 4.55. The molecule has 0 aromatic carbocycles. The second-order valence-corrected chi connectivity index (χ2v) is 8.21. The minimum atomic E-state index is -0.000477. The molecular weight excluding hydrogens is 374 g/mol. The number of amides is 1. The van der Waals surface area contributed by atoms with E-state index in [2.05, 4.69) is 38.7 Å². The Balaban J connectivity index is 1.49. The number of pyridine rings is 2. The zero-order chi connectivity index (χ0) is 20.8. The van der Waals surface area contributed by atoms with E-state index in [1.807, 2.05) is 30.6 Å². The molecule has 30 heavy (non-hydrogen) atoms. The molecule has 2 atom stereocenters. The maximum absolute atomic E-state index is 11.1. The molecule has 4 rings (SSSR count). The molecule has 6 heteroatoms. The summed E-state index contributed by atoms with van der Waals surface area (Å²) in [5, 5.41) is 6.53. The molecule has 1 amide bonds. The summed E-state index contributed by atoms with van der Waals surface area (Å²) in [6, 6.07) is 9.13. The van der Waals surface area contributed by atoms with E-state index in [0.717, 1.165) is 38.9 Å². The molecular formula is C24H31N5O. The van der Waals surface area contributed by atoms with Crippen LogP contribution in [-0.2, 0) is 24.2 Å². The van der Waals surface area contributed by atoms with E-state index in [1.54, 1.807) is 6.92 Å². The van der Waals surface area contributed by atoms with Crippen LogP contribution in [0.5, 0.6) is 0 Å². The summed E-state index contributed by atoms with van der Waals surface area (Å²) in [6.45, 7) is 4.78. The molecule has 2 aromatic heterocycles. The zero-order valence-electron chi connectivity index (χ0n) is 17.7. The summed E-state index contributed by atoms with van der Waals surface area (Å²) in [6.07, 6.45) is 12.4. The van der Waals surface area contributed by atoms with E-state index >= 15 is 0 Å². The average Bonchev–Trinajstić information content (AvgIpc) is 2.77. The number of aryl methyl sites for hydroxylation is 1. The molecule has 6 nitrogen and oxygen atoms in total. The first kappa shape index (κ1) is 20.7. The van der Waals surface area contributed by atoms with Gasteiger partial charge in [-0.2, -0.15) is 0 Å². The number of nitrogens with one attached hydrogen (secondary N) is 2. The lowest BCUT2D eigenvalue weighted by atomic mass is 9.90. The number of fused-ring (bicyclic) bond motifs is 2. The van der Waals surface area contributed by atoms with E-state index in [4.69, 9.17) is 4.98 Å².